The van der Waals surface area contributed by atoms with Crippen molar-refractivity contribution in [2.24, 2.45) is 0 Å². The van der Waals surface area contributed by atoms with E-state index in [0.717, 1.165) is 33.3 Å². The molecule has 1 aromatic carbocycles. The molecule has 0 unspecified atom stereocenters. The van der Waals surface area contributed by atoms with E-state index in [2.05, 4.69) is 39.2 Å². The van der Waals surface area contributed by atoms with Crippen molar-refractivity contribution in [1.82, 2.24) is 0 Å². The summed E-state index contributed by atoms with van der Waals surface area (Å²) in [4.78, 5) is 60.1. The summed E-state index contributed by atoms with van der Waals surface area (Å²) >= 11 is 0. The van der Waals surface area contributed by atoms with Crippen LogP contribution in [-0.4, -0.2) is 75.6 Å². The van der Waals surface area contributed by atoms with Crippen molar-refractivity contribution in [2.75, 3.05) is 11.9 Å². The second-order valence-corrected chi connectivity index (χ2v) is 16.2. The second-order valence-electron chi connectivity index (χ2n) is 11.3. The minimum absolute atomic E-state index is 0.0628. The van der Waals surface area contributed by atoms with Crippen LogP contribution in [0.4, 0.5) is 10.5 Å². The first-order valence-electron chi connectivity index (χ1n) is 13.4. The molecule has 1 saturated heterocycles. The summed E-state index contributed by atoms with van der Waals surface area (Å²) in [6.45, 7) is 15.2. The van der Waals surface area contributed by atoms with Gasteiger partial charge in [-0.3, -0.25) is 24.5 Å². The Morgan fingerprint density at radius 1 is 0.786 bits per heavy atom. The van der Waals surface area contributed by atoms with E-state index in [-0.39, 0.29) is 5.04 Å². The Balaban J connectivity index is 2.23. The number of carbonyl (C=O) groups excluding carboxylic acids is 5. The Bertz CT molecular complexity index is 1130. The summed E-state index contributed by atoms with van der Waals surface area (Å²) in [5, 5.41) is 2.62. The maximum atomic E-state index is 12.9. The van der Waals surface area contributed by atoms with Gasteiger partial charge in [0, 0.05) is 33.4 Å². The number of ether oxygens (including phenoxy) is 6. The van der Waals surface area contributed by atoms with Gasteiger partial charge in [-0.15, -0.1) is 0 Å². The molecule has 5 atom stereocenters. The van der Waals surface area contributed by atoms with Crippen molar-refractivity contribution in [3.05, 3.63) is 29.8 Å². The highest BCUT2D eigenvalue weighted by atomic mass is 28.4. The number of benzene rings is 1. The van der Waals surface area contributed by atoms with Crippen LogP contribution < -0.4 is 5.32 Å². The molecule has 0 aromatic heterocycles. The summed E-state index contributed by atoms with van der Waals surface area (Å²) in [7, 11) is -1.95. The van der Waals surface area contributed by atoms with E-state index in [1.54, 1.807) is 24.3 Å². The van der Waals surface area contributed by atoms with Gasteiger partial charge in [-0.1, -0.05) is 32.9 Å². The molecule has 234 valence electrons. The minimum atomic E-state index is -1.95. The normalized spacial score (nSPS) is 22.4. The van der Waals surface area contributed by atoms with Crippen LogP contribution in [0.1, 0.15) is 54.0 Å². The molecule has 1 aliphatic rings. The van der Waals surface area contributed by atoms with Gasteiger partial charge < -0.3 is 32.8 Å². The van der Waals surface area contributed by atoms with Crippen LogP contribution in [0, 0.1) is 0 Å². The average Bonchev–Trinajstić information content (AvgIpc) is 2.84. The van der Waals surface area contributed by atoms with E-state index in [9.17, 15) is 24.0 Å². The molecule has 0 saturated carbocycles. The molecule has 1 aromatic rings. The van der Waals surface area contributed by atoms with Crippen LogP contribution in [0.5, 0.6) is 0 Å². The smallest absolute Gasteiger partial charge is 0.414 e. The van der Waals surface area contributed by atoms with Gasteiger partial charge in [0.25, 0.3) is 0 Å². The molecule has 0 radical (unpaired) electrons. The van der Waals surface area contributed by atoms with E-state index in [0.29, 0.717) is 12.3 Å². The lowest BCUT2D eigenvalue weighted by molar-refractivity contribution is -0.293. The molecule has 0 spiro atoms. The molecule has 0 aliphatic carbocycles. The first kappa shape index (κ1) is 34.7. The molecule has 1 amide bonds. The standard InChI is InChI=1S/C28H41NO12Si/c1-16(30)35-15-22-23(37-17(2)31)24(38-18(3)32)25(39-19(4)33)26(40-22)41-27(34)29-21-12-10-20(11-13-21)14-36-42(8,9)28(5,6)7/h10-13,22-26H,14-15H2,1-9H3,(H,29,34)/t22-,23+,24+,25-,26+/m1/s1. The third-order valence-electron chi connectivity index (χ3n) is 6.78. The van der Waals surface area contributed by atoms with Gasteiger partial charge in [0.1, 0.15) is 12.7 Å². The molecule has 42 heavy (non-hydrogen) atoms. The van der Waals surface area contributed by atoms with Crippen LogP contribution in [0.25, 0.3) is 0 Å². The van der Waals surface area contributed by atoms with Gasteiger partial charge in [-0.2, -0.15) is 0 Å². The SMILES string of the molecule is CC(=O)OC[C@H]1O[C@@H](OC(=O)Nc2ccc(CO[Si](C)(C)C(C)(C)C)cc2)[C@H](OC(C)=O)[C@@H](OC(C)=O)[C@H]1OC(C)=O. The number of amides is 1. The van der Waals surface area contributed by atoms with Crippen molar-refractivity contribution in [3.63, 3.8) is 0 Å². The first-order chi connectivity index (χ1) is 19.4. The van der Waals surface area contributed by atoms with E-state index in [4.69, 9.17) is 32.8 Å². The van der Waals surface area contributed by atoms with E-state index in [1.165, 1.54) is 0 Å². The van der Waals surface area contributed by atoms with Crippen LogP contribution >= 0.6 is 0 Å². The third-order valence-corrected chi connectivity index (χ3v) is 11.3. The van der Waals surface area contributed by atoms with Crippen molar-refractivity contribution in [1.29, 1.82) is 0 Å². The lowest BCUT2D eigenvalue weighted by Gasteiger charge is -2.43. The fourth-order valence-electron chi connectivity index (χ4n) is 3.70. The quantitative estimate of drug-likeness (QED) is 0.231. The van der Waals surface area contributed by atoms with Crippen LogP contribution in [-0.2, 0) is 58.6 Å². The predicted octanol–water partition coefficient (Wildman–Crippen LogP) is 3.84. The molecule has 1 aliphatic heterocycles. The van der Waals surface area contributed by atoms with Crippen molar-refractivity contribution >= 4 is 44.0 Å². The molecule has 1 N–H and O–H groups in total. The zero-order valence-corrected chi connectivity index (χ0v) is 26.5. The summed E-state index contributed by atoms with van der Waals surface area (Å²) in [6, 6.07) is 6.94. The Morgan fingerprint density at radius 2 is 1.31 bits per heavy atom. The van der Waals surface area contributed by atoms with Gasteiger partial charge in [0.05, 0.1) is 6.61 Å². The molecular weight excluding hydrogens is 570 g/mol. The summed E-state index contributed by atoms with van der Waals surface area (Å²) in [5.41, 5.74) is 1.31. The fourth-order valence-corrected chi connectivity index (χ4v) is 4.66. The monoisotopic (exact) mass is 611 g/mol. The number of nitrogens with one attached hydrogen (secondary N) is 1. The number of carbonyl (C=O) groups is 5. The molecule has 1 heterocycles. The Hall–Kier alpha value is -3.49. The lowest BCUT2D eigenvalue weighted by atomic mass is 9.98. The first-order valence-corrected chi connectivity index (χ1v) is 16.3. The lowest BCUT2D eigenvalue weighted by Crippen LogP contribution is -2.63. The number of esters is 4. The highest BCUT2D eigenvalue weighted by molar-refractivity contribution is 6.74. The fraction of sp³-hybridized carbons (Fsp3) is 0.607. The molecule has 13 nitrogen and oxygen atoms in total. The number of anilines is 1. The molecule has 1 fully saturated rings. The number of hydrogen-bond donors (Lipinski definition) is 1. The van der Waals surface area contributed by atoms with Gasteiger partial charge >= 0.3 is 30.0 Å². The highest BCUT2D eigenvalue weighted by Crippen LogP contribution is 2.37. The summed E-state index contributed by atoms with van der Waals surface area (Å²) < 4.78 is 38.4. The van der Waals surface area contributed by atoms with Crippen LogP contribution in [0.2, 0.25) is 18.1 Å². The predicted molar refractivity (Wildman–Crippen MR) is 150 cm³/mol. The second kappa shape index (κ2) is 14.6. The van der Waals surface area contributed by atoms with Crippen LogP contribution in [0.15, 0.2) is 24.3 Å². The molecule has 2 rings (SSSR count). The van der Waals surface area contributed by atoms with E-state index in [1.807, 2.05) is 0 Å². The van der Waals surface area contributed by atoms with Gasteiger partial charge in [-0.05, 0) is 35.8 Å². The zero-order valence-electron chi connectivity index (χ0n) is 25.5. The Kier molecular flexibility index (Phi) is 12.1. The maximum Gasteiger partial charge on any atom is 0.414 e. The van der Waals surface area contributed by atoms with E-state index >= 15 is 0 Å². The third kappa shape index (κ3) is 10.4. The van der Waals surface area contributed by atoms with Gasteiger partial charge in [0.15, 0.2) is 20.5 Å². The Labute approximate surface area is 246 Å². The van der Waals surface area contributed by atoms with Gasteiger partial charge in [0.2, 0.25) is 12.4 Å². The topological polar surface area (TPSA) is 162 Å². The maximum absolute atomic E-state index is 12.9. The molecular formula is C28H41NO12Si. The largest absolute Gasteiger partial charge is 0.463 e. The van der Waals surface area contributed by atoms with Crippen LogP contribution in [0.3, 0.4) is 0 Å². The number of rotatable bonds is 10. The zero-order chi connectivity index (χ0) is 31.8. The Morgan fingerprint density at radius 3 is 1.81 bits per heavy atom. The average molecular weight is 612 g/mol. The van der Waals surface area contributed by atoms with Gasteiger partial charge in [-0.25, -0.2) is 4.79 Å². The highest BCUT2D eigenvalue weighted by Gasteiger charge is 2.53. The number of hydrogen-bond acceptors (Lipinski definition) is 12. The van der Waals surface area contributed by atoms with Crippen molar-refractivity contribution < 1.29 is 56.8 Å². The van der Waals surface area contributed by atoms with Crippen molar-refractivity contribution in [3.8, 4) is 0 Å². The summed E-state index contributed by atoms with van der Waals surface area (Å²) in [6.07, 6.45) is -8.21. The summed E-state index contributed by atoms with van der Waals surface area (Å²) in [5.74, 6) is -3.06. The molecule has 0 bridgehead atoms. The molecule has 14 heteroatoms. The van der Waals surface area contributed by atoms with E-state index < -0.39 is 75.6 Å². The van der Waals surface area contributed by atoms with Crippen molar-refractivity contribution in [2.45, 2.75) is 104 Å². The minimum Gasteiger partial charge on any atom is -0.463 e.